The quantitative estimate of drug-likeness (QED) is 0.764. The first-order chi connectivity index (χ1) is 7.95. The molecule has 96 valence electrons. The Morgan fingerprint density at radius 2 is 2.29 bits per heavy atom. The van der Waals surface area contributed by atoms with Crippen LogP contribution in [0.25, 0.3) is 0 Å². The molecule has 0 fully saturated rings. The summed E-state index contributed by atoms with van der Waals surface area (Å²) in [5.74, 6) is 0.632. The maximum atomic E-state index is 11.6. The Hall–Kier alpha value is -1.33. The van der Waals surface area contributed by atoms with Crippen LogP contribution in [0.3, 0.4) is 0 Å². The van der Waals surface area contributed by atoms with Gasteiger partial charge in [0.2, 0.25) is 5.91 Å². The van der Waals surface area contributed by atoms with Crippen molar-refractivity contribution in [2.45, 2.75) is 25.9 Å². The Morgan fingerprint density at radius 3 is 2.82 bits per heavy atom. The zero-order chi connectivity index (χ0) is 12.9. The van der Waals surface area contributed by atoms with Crippen molar-refractivity contribution in [3.8, 4) is 0 Å². The smallest absolute Gasteiger partial charge is 0.234 e. The zero-order valence-corrected chi connectivity index (χ0v) is 10.6. The summed E-state index contributed by atoms with van der Waals surface area (Å²) in [6, 6.07) is 3.59. The van der Waals surface area contributed by atoms with Crippen LogP contribution in [0.5, 0.6) is 0 Å². The number of likely N-dealkylation sites (N-methyl/N-ethyl adjacent to an activating group) is 1. The monoisotopic (exact) mass is 240 g/mol. The second kappa shape index (κ2) is 5.84. The number of rotatable bonds is 6. The number of aliphatic hydroxyl groups is 1. The fourth-order valence-corrected chi connectivity index (χ4v) is 1.20. The summed E-state index contributed by atoms with van der Waals surface area (Å²) in [6.07, 6.45) is 1.57. The summed E-state index contributed by atoms with van der Waals surface area (Å²) < 4.78 is 5.11. The Kier molecular flexibility index (Phi) is 4.72. The van der Waals surface area contributed by atoms with Gasteiger partial charge in [0.15, 0.2) is 0 Å². The van der Waals surface area contributed by atoms with E-state index in [1.54, 1.807) is 12.3 Å². The number of furan rings is 1. The molecule has 1 aromatic rings. The molecule has 1 aromatic heterocycles. The lowest BCUT2D eigenvalue weighted by Crippen LogP contribution is -2.48. The van der Waals surface area contributed by atoms with Crippen LogP contribution in [-0.2, 0) is 11.3 Å². The Balaban J connectivity index is 2.34. The highest BCUT2D eigenvalue weighted by atomic mass is 16.3. The van der Waals surface area contributed by atoms with Gasteiger partial charge in [0, 0.05) is 5.54 Å². The lowest BCUT2D eigenvalue weighted by atomic mass is 10.1. The van der Waals surface area contributed by atoms with Gasteiger partial charge >= 0.3 is 0 Å². The Morgan fingerprint density at radius 1 is 1.59 bits per heavy atom. The number of hydrogen-bond donors (Lipinski definition) is 2. The predicted octanol–water partition coefficient (Wildman–Crippen LogP) is 0.598. The van der Waals surface area contributed by atoms with Crippen LogP contribution in [0.4, 0.5) is 0 Å². The van der Waals surface area contributed by atoms with Crippen LogP contribution in [0, 0.1) is 0 Å². The van der Waals surface area contributed by atoms with E-state index in [1.165, 1.54) is 0 Å². The molecule has 0 bridgehead atoms. The van der Waals surface area contributed by atoms with Crippen LogP contribution in [0.2, 0.25) is 0 Å². The molecule has 0 atom stereocenters. The third-order valence-corrected chi connectivity index (χ3v) is 2.84. The molecule has 5 nitrogen and oxygen atoms in total. The van der Waals surface area contributed by atoms with Gasteiger partial charge in [-0.15, -0.1) is 0 Å². The number of amides is 1. The van der Waals surface area contributed by atoms with Gasteiger partial charge < -0.3 is 14.8 Å². The lowest BCUT2D eigenvalue weighted by Gasteiger charge is -2.33. The minimum absolute atomic E-state index is 0.00889. The van der Waals surface area contributed by atoms with Gasteiger partial charge in [0.1, 0.15) is 5.76 Å². The van der Waals surface area contributed by atoms with E-state index in [0.29, 0.717) is 6.54 Å². The molecule has 1 rings (SSSR count). The molecular weight excluding hydrogens is 220 g/mol. The normalized spacial score (nSPS) is 11.8. The molecule has 0 aliphatic carbocycles. The Bertz CT molecular complexity index is 347. The van der Waals surface area contributed by atoms with Crippen molar-refractivity contribution in [2.75, 3.05) is 20.2 Å². The molecule has 1 amide bonds. The highest BCUT2D eigenvalue weighted by Gasteiger charge is 2.23. The van der Waals surface area contributed by atoms with Gasteiger partial charge in [-0.2, -0.15) is 0 Å². The van der Waals surface area contributed by atoms with Crippen LogP contribution in [-0.4, -0.2) is 41.7 Å². The number of hydrogen-bond acceptors (Lipinski definition) is 4. The van der Waals surface area contributed by atoms with E-state index in [9.17, 15) is 4.79 Å². The van der Waals surface area contributed by atoms with E-state index in [4.69, 9.17) is 9.52 Å². The Labute approximate surface area is 101 Å². The van der Waals surface area contributed by atoms with Crippen molar-refractivity contribution in [3.05, 3.63) is 24.2 Å². The summed E-state index contributed by atoms with van der Waals surface area (Å²) in [6.45, 7) is 4.40. The van der Waals surface area contributed by atoms with Crippen LogP contribution < -0.4 is 5.32 Å². The molecule has 0 saturated heterocycles. The number of carbonyl (C=O) groups excluding carboxylic acids is 1. The number of nitrogens with one attached hydrogen (secondary N) is 1. The molecule has 0 unspecified atom stereocenters. The van der Waals surface area contributed by atoms with Gasteiger partial charge in [0.05, 0.1) is 26.0 Å². The molecule has 17 heavy (non-hydrogen) atoms. The third-order valence-electron chi connectivity index (χ3n) is 2.84. The van der Waals surface area contributed by atoms with Crippen molar-refractivity contribution < 1.29 is 14.3 Å². The number of nitrogens with zero attached hydrogens (tertiary/aromatic N) is 1. The number of carbonyl (C=O) groups is 1. The topological polar surface area (TPSA) is 65.7 Å². The van der Waals surface area contributed by atoms with Gasteiger partial charge in [-0.05, 0) is 33.0 Å². The van der Waals surface area contributed by atoms with Gasteiger partial charge in [0.25, 0.3) is 0 Å². The largest absolute Gasteiger partial charge is 0.467 e. The van der Waals surface area contributed by atoms with Crippen molar-refractivity contribution in [1.82, 2.24) is 10.2 Å². The second-order valence-electron chi connectivity index (χ2n) is 4.68. The SMILES string of the molecule is CN(CC(=O)NCc1ccco1)C(C)(C)CO. The summed E-state index contributed by atoms with van der Waals surface area (Å²) >= 11 is 0. The molecule has 0 aliphatic rings. The molecule has 0 spiro atoms. The molecule has 0 saturated carbocycles. The molecule has 5 heteroatoms. The van der Waals surface area contributed by atoms with Gasteiger partial charge in [-0.3, -0.25) is 9.69 Å². The molecule has 2 N–H and O–H groups in total. The van der Waals surface area contributed by atoms with E-state index in [-0.39, 0.29) is 19.1 Å². The van der Waals surface area contributed by atoms with E-state index >= 15 is 0 Å². The first-order valence-corrected chi connectivity index (χ1v) is 5.57. The molecular formula is C12H20N2O3. The van der Waals surface area contributed by atoms with E-state index < -0.39 is 5.54 Å². The zero-order valence-electron chi connectivity index (χ0n) is 10.6. The van der Waals surface area contributed by atoms with Crippen molar-refractivity contribution in [1.29, 1.82) is 0 Å². The van der Waals surface area contributed by atoms with Crippen molar-refractivity contribution in [3.63, 3.8) is 0 Å². The maximum Gasteiger partial charge on any atom is 0.234 e. The fourth-order valence-electron chi connectivity index (χ4n) is 1.20. The third kappa shape index (κ3) is 4.20. The van der Waals surface area contributed by atoms with Crippen LogP contribution >= 0.6 is 0 Å². The maximum absolute atomic E-state index is 11.6. The summed E-state index contributed by atoms with van der Waals surface area (Å²) in [5.41, 5.74) is -0.401. The highest BCUT2D eigenvalue weighted by molar-refractivity contribution is 5.78. The van der Waals surface area contributed by atoms with Crippen LogP contribution in [0.15, 0.2) is 22.8 Å². The fraction of sp³-hybridized carbons (Fsp3) is 0.583. The summed E-state index contributed by atoms with van der Waals surface area (Å²) in [7, 11) is 1.81. The molecule has 0 aliphatic heterocycles. The highest BCUT2D eigenvalue weighted by Crippen LogP contribution is 2.09. The molecule has 0 aromatic carbocycles. The average molecular weight is 240 g/mol. The molecule has 0 radical (unpaired) electrons. The standard InChI is InChI=1S/C12H20N2O3/c1-12(2,9-15)14(3)8-11(16)13-7-10-5-4-6-17-10/h4-6,15H,7-9H2,1-3H3,(H,13,16). The predicted molar refractivity (Wildman–Crippen MR) is 64.3 cm³/mol. The van der Waals surface area contributed by atoms with Gasteiger partial charge in [-0.25, -0.2) is 0 Å². The van der Waals surface area contributed by atoms with E-state index in [2.05, 4.69) is 5.32 Å². The van der Waals surface area contributed by atoms with Gasteiger partial charge in [-0.1, -0.05) is 0 Å². The van der Waals surface area contributed by atoms with Crippen molar-refractivity contribution >= 4 is 5.91 Å². The molecule has 1 heterocycles. The summed E-state index contributed by atoms with van der Waals surface area (Å²) in [4.78, 5) is 13.4. The van der Waals surface area contributed by atoms with Crippen LogP contribution in [0.1, 0.15) is 19.6 Å². The lowest BCUT2D eigenvalue weighted by molar-refractivity contribution is -0.123. The first-order valence-electron chi connectivity index (χ1n) is 5.57. The minimum atomic E-state index is -0.401. The summed E-state index contributed by atoms with van der Waals surface area (Å²) in [5, 5.41) is 11.9. The van der Waals surface area contributed by atoms with Crippen molar-refractivity contribution in [2.24, 2.45) is 0 Å². The minimum Gasteiger partial charge on any atom is -0.467 e. The van der Waals surface area contributed by atoms with E-state index in [1.807, 2.05) is 31.9 Å². The first kappa shape index (κ1) is 13.7. The average Bonchev–Trinajstić information content (AvgIpc) is 2.79. The van der Waals surface area contributed by atoms with E-state index in [0.717, 1.165) is 5.76 Å². The number of aliphatic hydroxyl groups excluding tert-OH is 1. The second-order valence-corrected chi connectivity index (χ2v) is 4.68.